The van der Waals surface area contributed by atoms with Crippen molar-refractivity contribution in [2.24, 2.45) is 0 Å². The van der Waals surface area contributed by atoms with Crippen LogP contribution in [0.2, 0.25) is 0 Å². The van der Waals surface area contributed by atoms with Crippen LogP contribution in [-0.2, 0) is 14.3 Å². The van der Waals surface area contributed by atoms with Crippen molar-refractivity contribution in [3.8, 4) is 0 Å². The minimum absolute atomic E-state index is 0.0901. The van der Waals surface area contributed by atoms with E-state index >= 15 is 0 Å². The lowest BCUT2D eigenvalue weighted by molar-refractivity contribution is -0.140. The molecule has 0 spiro atoms. The fourth-order valence-corrected chi connectivity index (χ4v) is 2.41. The lowest BCUT2D eigenvalue weighted by atomic mass is 10.0. The van der Waals surface area contributed by atoms with Crippen molar-refractivity contribution in [3.63, 3.8) is 0 Å². The van der Waals surface area contributed by atoms with Crippen molar-refractivity contribution in [1.82, 2.24) is 4.90 Å². The minimum Gasteiger partial charge on any atom is -0.453 e. The number of amides is 1. The number of hydrogen-bond acceptors (Lipinski definition) is 4. The highest BCUT2D eigenvalue weighted by Crippen LogP contribution is 2.24. The van der Waals surface area contributed by atoms with Gasteiger partial charge in [0.05, 0.1) is 13.2 Å². The molecule has 0 unspecified atom stereocenters. The summed E-state index contributed by atoms with van der Waals surface area (Å²) >= 11 is 0. The molecule has 0 aromatic carbocycles. The molecule has 0 aliphatic carbocycles. The summed E-state index contributed by atoms with van der Waals surface area (Å²) in [5.74, 6) is -0.330. The maximum Gasteiger partial charge on any atom is 0.409 e. The maximum absolute atomic E-state index is 11.7. The van der Waals surface area contributed by atoms with E-state index in [1.54, 1.807) is 11.0 Å². The van der Waals surface area contributed by atoms with Crippen molar-refractivity contribution >= 4 is 12.1 Å². The molecule has 0 bridgehead atoms. The van der Waals surface area contributed by atoms with Crippen LogP contribution < -0.4 is 0 Å². The molecule has 1 saturated heterocycles. The summed E-state index contributed by atoms with van der Waals surface area (Å²) in [5, 5.41) is 0. The molecule has 94 valence electrons. The predicted octanol–water partition coefficient (Wildman–Crippen LogP) is 1.48. The van der Waals surface area contributed by atoms with Crippen molar-refractivity contribution in [3.05, 3.63) is 12.2 Å². The number of ether oxygens (including phenoxy) is 2. The van der Waals surface area contributed by atoms with E-state index in [1.165, 1.54) is 13.2 Å². The van der Waals surface area contributed by atoms with Gasteiger partial charge in [0.25, 0.3) is 0 Å². The normalized spacial score (nSPS) is 28.8. The largest absolute Gasteiger partial charge is 0.453 e. The number of carbonyl (C=O) groups excluding carboxylic acids is 2. The fraction of sp³-hybridized carbons (Fsp3) is 0.667. The Hall–Kier alpha value is -1.52. The molecule has 0 N–H and O–H groups in total. The third kappa shape index (κ3) is 2.60. The van der Waals surface area contributed by atoms with Gasteiger partial charge in [0.1, 0.15) is 6.10 Å². The zero-order chi connectivity index (χ0) is 12.3. The van der Waals surface area contributed by atoms with E-state index in [0.717, 1.165) is 25.7 Å². The average Bonchev–Trinajstić information content (AvgIpc) is 2.63. The first-order valence-corrected chi connectivity index (χ1v) is 5.96. The van der Waals surface area contributed by atoms with E-state index in [-0.39, 0.29) is 24.2 Å². The second-order valence-electron chi connectivity index (χ2n) is 4.34. The summed E-state index contributed by atoms with van der Waals surface area (Å²) in [6, 6.07) is -0.0901. The first kappa shape index (κ1) is 12.0. The molecule has 2 atom stereocenters. The van der Waals surface area contributed by atoms with Crippen LogP contribution in [0.25, 0.3) is 0 Å². The van der Waals surface area contributed by atoms with Crippen LogP contribution in [0, 0.1) is 0 Å². The van der Waals surface area contributed by atoms with Gasteiger partial charge in [-0.25, -0.2) is 9.59 Å². The van der Waals surface area contributed by atoms with Gasteiger partial charge in [-0.05, 0) is 18.9 Å². The molecule has 0 saturated carbocycles. The van der Waals surface area contributed by atoms with E-state index in [9.17, 15) is 9.59 Å². The summed E-state index contributed by atoms with van der Waals surface area (Å²) in [6.07, 6.45) is 6.44. The van der Waals surface area contributed by atoms with Crippen LogP contribution >= 0.6 is 0 Å². The molecule has 0 aromatic heterocycles. The number of likely N-dealkylation sites (tertiary alicyclic amines) is 1. The van der Waals surface area contributed by atoms with Gasteiger partial charge in [-0.3, -0.25) is 0 Å². The molecule has 5 heteroatoms. The highest BCUT2D eigenvalue weighted by Gasteiger charge is 2.35. The molecule has 5 nitrogen and oxygen atoms in total. The smallest absolute Gasteiger partial charge is 0.409 e. The third-order valence-electron chi connectivity index (χ3n) is 3.26. The third-order valence-corrected chi connectivity index (χ3v) is 3.26. The molecule has 0 aromatic rings. The SMILES string of the molecule is COC(=O)N1CCCCC[C@@H]1[C@H]1C=CC(=O)O1. The number of methoxy groups -OCH3 is 1. The lowest BCUT2D eigenvalue weighted by Crippen LogP contribution is -2.46. The van der Waals surface area contributed by atoms with Crippen LogP contribution in [0.15, 0.2) is 12.2 Å². The second kappa shape index (κ2) is 5.21. The Morgan fingerprint density at radius 3 is 2.94 bits per heavy atom. The molecule has 2 rings (SSSR count). The van der Waals surface area contributed by atoms with E-state index in [4.69, 9.17) is 9.47 Å². The highest BCUT2D eigenvalue weighted by atomic mass is 16.6. The topological polar surface area (TPSA) is 55.8 Å². The van der Waals surface area contributed by atoms with Gasteiger partial charge in [0.2, 0.25) is 0 Å². The number of esters is 1. The van der Waals surface area contributed by atoms with Gasteiger partial charge < -0.3 is 14.4 Å². The molecule has 2 heterocycles. The number of rotatable bonds is 1. The van der Waals surface area contributed by atoms with Gasteiger partial charge in [0, 0.05) is 12.6 Å². The molecule has 1 amide bonds. The van der Waals surface area contributed by atoms with E-state index in [0.29, 0.717) is 6.54 Å². The highest BCUT2D eigenvalue weighted by molar-refractivity contribution is 5.84. The first-order valence-electron chi connectivity index (χ1n) is 5.96. The molecular formula is C12H17NO4. The number of carbonyl (C=O) groups is 2. The van der Waals surface area contributed by atoms with Gasteiger partial charge >= 0.3 is 12.1 Å². The van der Waals surface area contributed by atoms with Gasteiger partial charge in [-0.2, -0.15) is 0 Å². The summed E-state index contributed by atoms with van der Waals surface area (Å²) in [5.41, 5.74) is 0. The fourth-order valence-electron chi connectivity index (χ4n) is 2.41. The van der Waals surface area contributed by atoms with Crippen LogP contribution in [-0.4, -0.2) is 42.8 Å². The summed E-state index contributed by atoms with van der Waals surface area (Å²) in [6.45, 7) is 0.666. The van der Waals surface area contributed by atoms with Gasteiger partial charge in [-0.15, -0.1) is 0 Å². The van der Waals surface area contributed by atoms with Crippen LogP contribution in [0.5, 0.6) is 0 Å². The molecule has 0 radical (unpaired) electrons. The summed E-state index contributed by atoms with van der Waals surface area (Å²) < 4.78 is 9.97. The van der Waals surface area contributed by atoms with E-state index < -0.39 is 0 Å². The van der Waals surface area contributed by atoms with Gasteiger partial charge in [-0.1, -0.05) is 12.8 Å². The Labute approximate surface area is 100 Å². The average molecular weight is 239 g/mol. The molecule has 2 aliphatic heterocycles. The summed E-state index contributed by atoms with van der Waals surface area (Å²) in [7, 11) is 1.38. The Kier molecular flexibility index (Phi) is 3.66. The van der Waals surface area contributed by atoms with Crippen molar-refractivity contribution in [2.75, 3.05) is 13.7 Å². The summed E-state index contributed by atoms with van der Waals surface area (Å²) in [4.78, 5) is 24.5. The quantitative estimate of drug-likeness (QED) is 0.650. The monoisotopic (exact) mass is 239 g/mol. The standard InChI is InChI=1S/C12H17NO4/c1-16-12(15)13-8-4-2-3-5-9(13)10-6-7-11(14)17-10/h6-7,9-10H,2-5,8H2,1H3/t9-,10-/m1/s1. The Morgan fingerprint density at radius 1 is 1.47 bits per heavy atom. The Balaban J connectivity index is 2.11. The van der Waals surface area contributed by atoms with E-state index in [2.05, 4.69) is 0 Å². The Bertz CT molecular complexity index is 339. The molecule has 17 heavy (non-hydrogen) atoms. The second-order valence-corrected chi connectivity index (χ2v) is 4.34. The maximum atomic E-state index is 11.7. The Morgan fingerprint density at radius 2 is 2.29 bits per heavy atom. The van der Waals surface area contributed by atoms with Crippen molar-refractivity contribution in [1.29, 1.82) is 0 Å². The lowest BCUT2D eigenvalue weighted by Gasteiger charge is -2.31. The van der Waals surface area contributed by atoms with Crippen LogP contribution in [0.3, 0.4) is 0 Å². The number of cyclic esters (lactones) is 1. The predicted molar refractivity (Wildman–Crippen MR) is 60.4 cm³/mol. The zero-order valence-corrected chi connectivity index (χ0v) is 9.93. The van der Waals surface area contributed by atoms with E-state index in [1.807, 2.05) is 0 Å². The molecule has 1 fully saturated rings. The number of hydrogen-bond donors (Lipinski definition) is 0. The minimum atomic E-state index is -0.340. The van der Waals surface area contributed by atoms with Crippen molar-refractivity contribution in [2.45, 2.75) is 37.8 Å². The van der Waals surface area contributed by atoms with Crippen LogP contribution in [0.4, 0.5) is 4.79 Å². The van der Waals surface area contributed by atoms with Crippen molar-refractivity contribution < 1.29 is 19.1 Å². The number of nitrogens with zero attached hydrogens (tertiary/aromatic N) is 1. The zero-order valence-electron chi connectivity index (χ0n) is 9.93. The van der Waals surface area contributed by atoms with Crippen LogP contribution in [0.1, 0.15) is 25.7 Å². The van der Waals surface area contributed by atoms with Gasteiger partial charge in [0.15, 0.2) is 0 Å². The molecule has 2 aliphatic rings. The molecular weight excluding hydrogens is 222 g/mol. The first-order chi connectivity index (χ1) is 8.22.